The van der Waals surface area contributed by atoms with Gasteiger partial charge in [0, 0.05) is 0 Å². The monoisotopic (exact) mass is 154 g/mol. The van der Waals surface area contributed by atoms with Crippen molar-refractivity contribution >= 4 is 6.16 Å². The number of rotatable bonds is 2. The van der Waals surface area contributed by atoms with Gasteiger partial charge in [-0.2, -0.15) is 0 Å². The zero-order chi connectivity index (χ0) is 8.10. The molecule has 11 heavy (non-hydrogen) atoms. The van der Waals surface area contributed by atoms with Crippen LogP contribution in [0.3, 0.4) is 0 Å². The molecule has 0 amide bonds. The number of hydrogen-bond donors (Lipinski definition) is 1. The summed E-state index contributed by atoms with van der Waals surface area (Å²) in [4.78, 5) is 9.97. The van der Waals surface area contributed by atoms with Gasteiger partial charge in [0.1, 0.15) is 6.61 Å². The normalized spacial score (nSPS) is 15.8. The van der Waals surface area contributed by atoms with E-state index in [1.54, 1.807) is 0 Å². The van der Waals surface area contributed by atoms with Crippen LogP contribution in [0, 0.1) is 0 Å². The first-order valence-electron chi connectivity index (χ1n) is 3.49. The van der Waals surface area contributed by atoms with E-state index in [-0.39, 0.29) is 6.61 Å². The molecule has 0 bridgehead atoms. The zero-order valence-corrected chi connectivity index (χ0v) is 6.12. The summed E-state index contributed by atoms with van der Waals surface area (Å²) in [5, 5.41) is 8.18. The molecular formula is C8H10O3. The van der Waals surface area contributed by atoms with Gasteiger partial charge in [0.25, 0.3) is 0 Å². The Morgan fingerprint density at radius 1 is 1.73 bits per heavy atom. The molecule has 0 atom stereocenters. The highest BCUT2D eigenvalue weighted by Gasteiger charge is 2.02. The fraction of sp³-hybridized carbons (Fsp3) is 0.375. The fourth-order valence-electron chi connectivity index (χ4n) is 0.927. The van der Waals surface area contributed by atoms with Crippen LogP contribution in [0.2, 0.25) is 0 Å². The van der Waals surface area contributed by atoms with E-state index in [9.17, 15) is 4.79 Å². The molecule has 0 heterocycles. The van der Waals surface area contributed by atoms with E-state index in [2.05, 4.69) is 4.74 Å². The summed E-state index contributed by atoms with van der Waals surface area (Å²) < 4.78 is 4.40. The van der Waals surface area contributed by atoms with Crippen LogP contribution in [0.25, 0.3) is 0 Å². The van der Waals surface area contributed by atoms with Gasteiger partial charge in [-0.1, -0.05) is 18.2 Å². The minimum atomic E-state index is -1.21. The van der Waals surface area contributed by atoms with Gasteiger partial charge in [-0.25, -0.2) is 4.79 Å². The number of allylic oxidation sites excluding steroid dienone is 3. The highest BCUT2D eigenvalue weighted by atomic mass is 16.7. The summed E-state index contributed by atoms with van der Waals surface area (Å²) in [6.07, 6.45) is 6.54. The van der Waals surface area contributed by atoms with Gasteiger partial charge in [0.2, 0.25) is 0 Å². The van der Waals surface area contributed by atoms with Crippen LogP contribution in [0.5, 0.6) is 0 Å². The van der Waals surface area contributed by atoms with E-state index < -0.39 is 6.16 Å². The lowest BCUT2D eigenvalue weighted by molar-refractivity contribution is 0.0990. The van der Waals surface area contributed by atoms with Gasteiger partial charge in [-0.3, -0.25) is 0 Å². The second-order valence-corrected chi connectivity index (χ2v) is 2.35. The van der Waals surface area contributed by atoms with E-state index in [4.69, 9.17) is 5.11 Å². The standard InChI is InChI=1S/C8H10O3/c9-8(10)11-6-7-4-2-1-3-5-7/h1-2,4H,3,5-6H2,(H,9,10). The number of carboxylic acid groups (broad SMARTS) is 1. The molecular weight excluding hydrogens is 144 g/mol. The second kappa shape index (κ2) is 3.81. The van der Waals surface area contributed by atoms with Crippen molar-refractivity contribution in [2.75, 3.05) is 6.61 Å². The first-order valence-corrected chi connectivity index (χ1v) is 3.49. The first kappa shape index (κ1) is 7.85. The Hall–Kier alpha value is -1.25. The van der Waals surface area contributed by atoms with E-state index in [0.717, 1.165) is 18.4 Å². The quantitative estimate of drug-likeness (QED) is 0.618. The minimum absolute atomic E-state index is 0.208. The van der Waals surface area contributed by atoms with Gasteiger partial charge in [-0.05, 0) is 18.4 Å². The Labute approximate surface area is 65.0 Å². The van der Waals surface area contributed by atoms with Gasteiger partial charge < -0.3 is 9.84 Å². The van der Waals surface area contributed by atoms with Crippen LogP contribution in [-0.4, -0.2) is 17.9 Å². The summed E-state index contributed by atoms with van der Waals surface area (Å²) in [5.74, 6) is 0. The number of hydrogen-bond acceptors (Lipinski definition) is 2. The lowest BCUT2D eigenvalue weighted by Crippen LogP contribution is -2.04. The van der Waals surface area contributed by atoms with Crippen molar-refractivity contribution in [2.24, 2.45) is 0 Å². The maximum Gasteiger partial charge on any atom is 0.506 e. The Balaban J connectivity index is 2.31. The van der Waals surface area contributed by atoms with Gasteiger partial charge in [0.15, 0.2) is 0 Å². The Bertz CT molecular complexity index is 203. The molecule has 0 saturated carbocycles. The Morgan fingerprint density at radius 3 is 3.09 bits per heavy atom. The molecule has 1 rings (SSSR count). The summed E-state index contributed by atoms with van der Waals surface area (Å²) in [7, 11) is 0. The smallest absolute Gasteiger partial charge is 0.450 e. The fourth-order valence-corrected chi connectivity index (χ4v) is 0.927. The van der Waals surface area contributed by atoms with Crippen molar-refractivity contribution in [3.63, 3.8) is 0 Å². The molecule has 0 radical (unpaired) electrons. The molecule has 3 nitrogen and oxygen atoms in total. The SMILES string of the molecule is O=C(O)OCC1=CC=CCC1. The first-order chi connectivity index (χ1) is 5.29. The lowest BCUT2D eigenvalue weighted by Gasteiger charge is -2.06. The summed E-state index contributed by atoms with van der Waals surface area (Å²) in [6, 6.07) is 0. The van der Waals surface area contributed by atoms with Gasteiger partial charge in [-0.15, -0.1) is 0 Å². The van der Waals surface area contributed by atoms with Crippen LogP contribution in [0.1, 0.15) is 12.8 Å². The highest BCUT2D eigenvalue weighted by Crippen LogP contribution is 2.11. The van der Waals surface area contributed by atoms with Crippen molar-refractivity contribution in [3.05, 3.63) is 23.8 Å². The maximum atomic E-state index is 9.97. The van der Waals surface area contributed by atoms with E-state index in [1.165, 1.54) is 0 Å². The van der Waals surface area contributed by atoms with E-state index >= 15 is 0 Å². The number of ether oxygens (including phenoxy) is 1. The van der Waals surface area contributed by atoms with Crippen molar-refractivity contribution in [1.82, 2.24) is 0 Å². The van der Waals surface area contributed by atoms with Crippen LogP contribution < -0.4 is 0 Å². The Kier molecular flexibility index (Phi) is 2.72. The molecule has 0 saturated heterocycles. The lowest BCUT2D eigenvalue weighted by atomic mass is 10.1. The molecule has 1 N–H and O–H groups in total. The third-order valence-electron chi connectivity index (χ3n) is 1.48. The maximum absolute atomic E-state index is 9.97. The molecule has 0 spiro atoms. The van der Waals surface area contributed by atoms with Gasteiger partial charge in [0.05, 0.1) is 0 Å². The van der Waals surface area contributed by atoms with Crippen molar-refractivity contribution in [2.45, 2.75) is 12.8 Å². The average Bonchev–Trinajstić information content (AvgIpc) is 2.03. The molecule has 0 unspecified atom stereocenters. The van der Waals surface area contributed by atoms with Gasteiger partial charge >= 0.3 is 6.16 Å². The molecule has 3 heteroatoms. The van der Waals surface area contributed by atoms with Crippen molar-refractivity contribution in [3.8, 4) is 0 Å². The summed E-state index contributed by atoms with van der Waals surface area (Å²) in [6.45, 7) is 0.208. The molecule has 1 aliphatic carbocycles. The molecule has 0 aliphatic heterocycles. The van der Waals surface area contributed by atoms with Crippen LogP contribution in [0.4, 0.5) is 4.79 Å². The van der Waals surface area contributed by atoms with E-state index in [1.807, 2.05) is 18.2 Å². The topological polar surface area (TPSA) is 46.5 Å². The predicted molar refractivity (Wildman–Crippen MR) is 40.4 cm³/mol. The van der Waals surface area contributed by atoms with Crippen LogP contribution >= 0.6 is 0 Å². The molecule has 60 valence electrons. The molecule has 0 aromatic heterocycles. The minimum Gasteiger partial charge on any atom is -0.450 e. The van der Waals surface area contributed by atoms with Crippen molar-refractivity contribution in [1.29, 1.82) is 0 Å². The second-order valence-electron chi connectivity index (χ2n) is 2.35. The molecule has 0 aromatic rings. The van der Waals surface area contributed by atoms with E-state index in [0.29, 0.717) is 0 Å². The van der Waals surface area contributed by atoms with Crippen LogP contribution in [-0.2, 0) is 4.74 Å². The summed E-state index contributed by atoms with van der Waals surface area (Å²) >= 11 is 0. The third-order valence-corrected chi connectivity index (χ3v) is 1.48. The Morgan fingerprint density at radius 2 is 2.55 bits per heavy atom. The highest BCUT2D eigenvalue weighted by molar-refractivity contribution is 5.57. The molecule has 0 fully saturated rings. The van der Waals surface area contributed by atoms with Crippen molar-refractivity contribution < 1.29 is 14.6 Å². The summed E-state index contributed by atoms with van der Waals surface area (Å²) in [5.41, 5.74) is 1.04. The van der Waals surface area contributed by atoms with Crippen LogP contribution in [0.15, 0.2) is 23.8 Å². The molecule has 0 aromatic carbocycles. The average molecular weight is 154 g/mol. The number of carbonyl (C=O) groups is 1. The third kappa shape index (κ3) is 2.89. The predicted octanol–water partition coefficient (Wildman–Crippen LogP) is 1.96. The largest absolute Gasteiger partial charge is 0.506 e. The molecule has 1 aliphatic rings. The zero-order valence-electron chi connectivity index (χ0n) is 6.12.